The molecule has 2 aliphatic rings. The van der Waals surface area contributed by atoms with Crippen molar-refractivity contribution in [1.82, 2.24) is 4.90 Å². The molecule has 3 unspecified atom stereocenters. The minimum absolute atomic E-state index is 0.0182. The molecule has 0 bridgehead atoms. The molecular formula is C8H10ClNO2S. The van der Waals surface area contributed by atoms with Crippen molar-refractivity contribution in [1.29, 1.82) is 0 Å². The Hall–Kier alpha value is -0.220. The predicted molar refractivity (Wildman–Crippen MR) is 51.7 cm³/mol. The quantitative estimate of drug-likeness (QED) is 0.390. The molecule has 0 aromatic rings. The Morgan fingerprint density at radius 1 is 1.77 bits per heavy atom. The Kier molecular flexibility index (Phi) is 2.28. The van der Waals surface area contributed by atoms with Gasteiger partial charge in [-0.15, -0.1) is 23.4 Å². The van der Waals surface area contributed by atoms with Crippen molar-refractivity contribution in [3.05, 3.63) is 0 Å². The molecule has 2 aliphatic heterocycles. The van der Waals surface area contributed by atoms with Gasteiger partial charge in [0.2, 0.25) is 5.91 Å². The first-order chi connectivity index (χ1) is 6.16. The highest BCUT2D eigenvalue weighted by molar-refractivity contribution is 8.00. The third kappa shape index (κ3) is 1.19. The first kappa shape index (κ1) is 9.34. The summed E-state index contributed by atoms with van der Waals surface area (Å²) in [7, 11) is 0. The van der Waals surface area contributed by atoms with Crippen LogP contribution in [-0.4, -0.2) is 39.6 Å². The highest BCUT2D eigenvalue weighted by Gasteiger charge is 2.54. The van der Waals surface area contributed by atoms with Crippen LogP contribution in [0.1, 0.15) is 6.92 Å². The smallest absolute Gasteiger partial charge is 0.244 e. The van der Waals surface area contributed by atoms with Gasteiger partial charge in [0.1, 0.15) is 17.0 Å². The van der Waals surface area contributed by atoms with Crippen molar-refractivity contribution in [2.75, 3.05) is 5.75 Å². The number of nitrogens with zero attached hydrogens (tertiary/aromatic N) is 1. The standard InChI is InChI=1S/C8H10ClNO2S/c1-4(2-11)5-3-13-8-6(9)7(12)10(5)8/h2,4-6,8H,3H2,1H3/t4?,5?,6-,8?/m0/s1. The maximum absolute atomic E-state index is 11.3. The van der Waals surface area contributed by atoms with Gasteiger partial charge in [-0.05, 0) is 0 Å². The fourth-order valence-corrected chi connectivity index (χ4v) is 3.76. The van der Waals surface area contributed by atoms with Crippen LogP contribution in [0.15, 0.2) is 0 Å². The number of fused-ring (bicyclic) bond motifs is 1. The molecule has 5 heteroatoms. The Morgan fingerprint density at radius 3 is 3.08 bits per heavy atom. The lowest BCUT2D eigenvalue weighted by Crippen LogP contribution is -2.62. The van der Waals surface area contributed by atoms with E-state index in [0.29, 0.717) is 0 Å². The molecule has 1 amide bonds. The van der Waals surface area contributed by atoms with Crippen LogP contribution in [0.5, 0.6) is 0 Å². The van der Waals surface area contributed by atoms with Gasteiger partial charge in [0.25, 0.3) is 0 Å². The minimum Gasteiger partial charge on any atom is -0.323 e. The van der Waals surface area contributed by atoms with Gasteiger partial charge in [0.05, 0.1) is 6.04 Å². The van der Waals surface area contributed by atoms with Crippen molar-refractivity contribution in [3.63, 3.8) is 0 Å². The van der Waals surface area contributed by atoms with Crippen LogP contribution in [0.3, 0.4) is 0 Å². The number of alkyl halides is 1. The van der Waals surface area contributed by atoms with Crippen molar-refractivity contribution in [2.45, 2.75) is 23.7 Å². The molecular weight excluding hydrogens is 210 g/mol. The zero-order valence-corrected chi connectivity index (χ0v) is 8.72. The summed E-state index contributed by atoms with van der Waals surface area (Å²) in [6, 6.07) is 0.0648. The molecule has 4 atom stereocenters. The largest absolute Gasteiger partial charge is 0.323 e. The molecule has 0 saturated carbocycles. The van der Waals surface area contributed by atoms with Crippen molar-refractivity contribution in [2.24, 2.45) is 5.92 Å². The van der Waals surface area contributed by atoms with Gasteiger partial charge in [0, 0.05) is 11.7 Å². The molecule has 0 spiro atoms. The van der Waals surface area contributed by atoms with Gasteiger partial charge in [-0.25, -0.2) is 0 Å². The number of thioether (sulfide) groups is 1. The Morgan fingerprint density at radius 2 is 2.46 bits per heavy atom. The van der Waals surface area contributed by atoms with E-state index in [0.717, 1.165) is 12.0 Å². The van der Waals surface area contributed by atoms with E-state index < -0.39 is 0 Å². The first-order valence-electron chi connectivity index (χ1n) is 4.20. The van der Waals surface area contributed by atoms with Gasteiger partial charge in [-0.2, -0.15) is 0 Å². The number of hydrogen-bond acceptors (Lipinski definition) is 3. The number of amides is 1. The number of halogens is 1. The Labute approximate surface area is 85.8 Å². The second-order valence-electron chi connectivity index (χ2n) is 3.43. The van der Waals surface area contributed by atoms with E-state index in [1.165, 1.54) is 0 Å². The Bertz CT molecular complexity index is 261. The number of carbonyl (C=O) groups is 2. The summed E-state index contributed by atoms with van der Waals surface area (Å²) in [4.78, 5) is 23.7. The van der Waals surface area contributed by atoms with Gasteiger partial charge in [-0.3, -0.25) is 4.79 Å². The highest BCUT2D eigenvalue weighted by atomic mass is 35.5. The molecule has 0 aromatic heterocycles. The summed E-state index contributed by atoms with van der Waals surface area (Å²) in [6.07, 6.45) is 0.905. The second kappa shape index (κ2) is 3.17. The molecule has 0 aromatic carbocycles. The highest BCUT2D eigenvalue weighted by Crippen LogP contribution is 2.43. The number of rotatable bonds is 2. The molecule has 3 nitrogen and oxygen atoms in total. The fraction of sp³-hybridized carbons (Fsp3) is 0.750. The monoisotopic (exact) mass is 219 g/mol. The van der Waals surface area contributed by atoms with E-state index in [2.05, 4.69) is 0 Å². The van der Waals surface area contributed by atoms with E-state index in [9.17, 15) is 9.59 Å². The second-order valence-corrected chi connectivity index (χ2v) is 5.05. The summed E-state index contributed by atoms with van der Waals surface area (Å²) in [5.41, 5.74) is 0. The van der Waals surface area contributed by atoms with Crippen molar-refractivity contribution >= 4 is 35.6 Å². The Balaban J connectivity index is 2.10. The fourth-order valence-electron chi connectivity index (χ4n) is 1.74. The van der Waals surface area contributed by atoms with Crippen LogP contribution in [0.25, 0.3) is 0 Å². The van der Waals surface area contributed by atoms with Crippen LogP contribution >= 0.6 is 23.4 Å². The molecule has 13 heavy (non-hydrogen) atoms. The first-order valence-corrected chi connectivity index (χ1v) is 5.68. The zero-order chi connectivity index (χ0) is 9.59. The number of hydrogen-bond donors (Lipinski definition) is 0. The summed E-state index contributed by atoms with van der Waals surface area (Å²) >= 11 is 7.48. The number of carbonyl (C=O) groups excluding carboxylic acids is 2. The average molecular weight is 220 g/mol. The molecule has 0 aliphatic carbocycles. The van der Waals surface area contributed by atoms with Crippen LogP contribution in [0.4, 0.5) is 0 Å². The molecule has 2 heterocycles. The summed E-state index contributed by atoms with van der Waals surface area (Å²) in [6.45, 7) is 1.84. The van der Waals surface area contributed by atoms with E-state index in [1.54, 1.807) is 16.7 Å². The summed E-state index contributed by atoms with van der Waals surface area (Å²) in [5, 5.41) is -0.254. The predicted octanol–water partition coefficient (Wildman–Crippen LogP) is 0.712. The van der Waals surface area contributed by atoms with E-state index in [-0.39, 0.29) is 28.6 Å². The SMILES string of the molecule is CC(C=O)C1CSC2[C@@H](Cl)C(=O)N12. The summed E-state index contributed by atoms with van der Waals surface area (Å²) in [5.74, 6) is 0.737. The minimum atomic E-state index is -0.367. The van der Waals surface area contributed by atoms with E-state index >= 15 is 0 Å². The van der Waals surface area contributed by atoms with Gasteiger partial charge >= 0.3 is 0 Å². The number of aldehydes is 1. The van der Waals surface area contributed by atoms with Crippen LogP contribution < -0.4 is 0 Å². The molecule has 2 rings (SSSR count). The maximum atomic E-state index is 11.3. The summed E-state index contributed by atoms with van der Waals surface area (Å²) < 4.78 is 0. The van der Waals surface area contributed by atoms with Crippen LogP contribution in [-0.2, 0) is 9.59 Å². The molecule has 0 radical (unpaired) electrons. The molecule has 0 N–H and O–H groups in total. The molecule has 2 saturated heterocycles. The van der Waals surface area contributed by atoms with E-state index in [1.807, 2.05) is 6.92 Å². The third-order valence-electron chi connectivity index (χ3n) is 2.63. The normalized spacial score (nSPS) is 39.7. The molecule has 2 fully saturated rings. The zero-order valence-electron chi connectivity index (χ0n) is 7.14. The average Bonchev–Trinajstić information content (AvgIpc) is 2.56. The lowest BCUT2D eigenvalue weighted by atomic mass is 10.00. The van der Waals surface area contributed by atoms with Crippen LogP contribution in [0, 0.1) is 5.92 Å². The van der Waals surface area contributed by atoms with Gasteiger partial charge < -0.3 is 9.69 Å². The third-order valence-corrected chi connectivity index (χ3v) is 4.58. The van der Waals surface area contributed by atoms with Crippen molar-refractivity contribution < 1.29 is 9.59 Å². The molecule has 72 valence electrons. The lowest BCUT2D eigenvalue weighted by Gasteiger charge is -2.42. The van der Waals surface area contributed by atoms with Gasteiger partial charge in [-0.1, -0.05) is 6.92 Å². The lowest BCUT2D eigenvalue weighted by molar-refractivity contribution is -0.144. The van der Waals surface area contributed by atoms with Crippen molar-refractivity contribution in [3.8, 4) is 0 Å². The maximum Gasteiger partial charge on any atom is 0.244 e. The topological polar surface area (TPSA) is 37.4 Å². The van der Waals surface area contributed by atoms with Crippen LogP contribution in [0.2, 0.25) is 0 Å². The van der Waals surface area contributed by atoms with E-state index in [4.69, 9.17) is 11.6 Å². The van der Waals surface area contributed by atoms with Gasteiger partial charge in [0.15, 0.2) is 0 Å². The number of β-lactam (4-membered cyclic amide) rings is 1.